The van der Waals surface area contributed by atoms with Gasteiger partial charge in [-0.3, -0.25) is 4.79 Å². The van der Waals surface area contributed by atoms with Crippen LogP contribution < -0.4 is 10.1 Å². The van der Waals surface area contributed by atoms with Gasteiger partial charge in [-0.25, -0.2) is 0 Å². The maximum absolute atomic E-state index is 11.9. The molecule has 0 aliphatic carbocycles. The summed E-state index contributed by atoms with van der Waals surface area (Å²) in [7, 11) is 0. The fraction of sp³-hybridized carbons (Fsp3) is 0.533. The molecule has 0 radical (unpaired) electrons. The van der Waals surface area contributed by atoms with Crippen LogP contribution in [-0.2, 0) is 0 Å². The van der Waals surface area contributed by atoms with Crippen molar-refractivity contribution in [3.63, 3.8) is 0 Å². The number of carbonyl (C=O) groups excluding carboxylic acids is 1. The summed E-state index contributed by atoms with van der Waals surface area (Å²) >= 11 is 0. The van der Waals surface area contributed by atoms with E-state index in [2.05, 4.69) is 5.32 Å². The predicted molar refractivity (Wildman–Crippen MR) is 75.4 cm³/mol. The van der Waals surface area contributed by atoms with Gasteiger partial charge in [0, 0.05) is 24.1 Å². The summed E-state index contributed by atoms with van der Waals surface area (Å²) < 4.78 is 5.52. The van der Waals surface area contributed by atoms with Gasteiger partial charge in [-0.2, -0.15) is 0 Å². The Balaban J connectivity index is 2.58. The van der Waals surface area contributed by atoms with Crippen LogP contribution in [0.1, 0.15) is 38.1 Å². The Kier molecular flexibility index (Phi) is 5.36. The lowest BCUT2D eigenvalue weighted by atomic mass is 9.95. The Morgan fingerprint density at radius 2 is 1.89 bits per heavy atom. The molecular formula is C15H23NO3. The van der Waals surface area contributed by atoms with Gasteiger partial charge in [0.05, 0.1) is 6.10 Å². The number of carbonyl (C=O) groups is 1. The molecule has 1 aromatic rings. The molecule has 106 valence electrons. The van der Waals surface area contributed by atoms with Crippen molar-refractivity contribution in [3.05, 3.63) is 29.8 Å². The minimum atomic E-state index is -0.309. The first-order valence-corrected chi connectivity index (χ1v) is 6.50. The summed E-state index contributed by atoms with van der Waals surface area (Å²) in [6, 6.07) is 7.04. The largest absolute Gasteiger partial charge is 0.491 e. The van der Waals surface area contributed by atoms with E-state index >= 15 is 0 Å². The van der Waals surface area contributed by atoms with Crippen LogP contribution in [0.15, 0.2) is 24.3 Å². The van der Waals surface area contributed by atoms with E-state index in [1.807, 2.05) is 27.7 Å². The maximum Gasteiger partial charge on any atom is 0.251 e. The molecule has 19 heavy (non-hydrogen) atoms. The van der Waals surface area contributed by atoms with Gasteiger partial charge in [0.1, 0.15) is 5.75 Å². The van der Waals surface area contributed by atoms with Gasteiger partial charge >= 0.3 is 0 Å². The van der Waals surface area contributed by atoms with Crippen molar-refractivity contribution < 1.29 is 14.6 Å². The third kappa shape index (κ3) is 5.30. The first kappa shape index (κ1) is 15.5. The number of ether oxygens (including phenoxy) is 1. The summed E-state index contributed by atoms with van der Waals surface area (Å²) in [6.45, 7) is 8.18. The molecule has 0 bridgehead atoms. The zero-order chi connectivity index (χ0) is 14.5. The smallest absolute Gasteiger partial charge is 0.251 e. The summed E-state index contributed by atoms with van der Waals surface area (Å²) in [5.74, 6) is 0.611. The average molecular weight is 265 g/mol. The van der Waals surface area contributed by atoms with E-state index in [4.69, 9.17) is 9.84 Å². The minimum absolute atomic E-state index is 0.0362. The number of aliphatic hydroxyl groups is 1. The molecule has 1 amide bonds. The van der Waals surface area contributed by atoms with Crippen LogP contribution in [0.2, 0.25) is 0 Å². The fourth-order valence-corrected chi connectivity index (χ4v) is 1.43. The van der Waals surface area contributed by atoms with Crippen molar-refractivity contribution in [3.8, 4) is 5.75 Å². The third-order valence-corrected chi connectivity index (χ3v) is 2.64. The molecule has 0 unspecified atom stereocenters. The van der Waals surface area contributed by atoms with Crippen LogP contribution in [0, 0.1) is 5.41 Å². The molecule has 0 saturated heterocycles. The Morgan fingerprint density at radius 1 is 1.32 bits per heavy atom. The zero-order valence-corrected chi connectivity index (χ0v) is 12.1. The number of hydrogen-bond donors (Lipinski definition) is 2. The van der Waals surface area contributed by atoms with Gasteiger partial charge < -0.3 is 15.2 Å². The molecule has 0 atom stereocenters. The topological polar surface area (TPSA) is 58.6 Å². The van der Waals surface area contributed by atoms with Crippen molar-refractivity contribution in [2.75, 3.05) is 13.2 Å². The van der Waals surface area contributed by atoms with Crippen LogP contribution in [-0.4, -0.2) is 30.3 Å². The molecule has 0 aliphatic rings. The molecule has 4 nitrogen and oxygen atoms in total. The Labute approximate surface area is 114 Å². The average Bonchev–Trinajstić information content (AvgIpc) is 2.36. The number of amides is 1. The van der Waals surface area contributed by atoms with E-state index < -0.39 is 0 Å². The lowest BCUT2D eigenvalue weighted by molar-refractivity contribution is 0.0911. The normalized spacial score (nSPS) is 11.5. The first-order chi connectivity index (χ1) is 8.84. The highest BCUT2D eigenvalue weighted by Gasteiger charge is 2.17. The van der Waals surface area contributed by atoms with Gasteiger partial charge in [-0.1, -0.05) is 13.8 Å². The molecule has 0 aromatic heterocycles. The number of benzene rings is 1. The van der Waals surface area contributed by atoms with E-state index in [1.165, 1.54) is 0 Å². The zero-order valence-electron chi connectivity index (χ0n) is 12.1. The van der Waals surface area contributed by atoms with Crippen LogP contribution in [0.5, 0.6) is 5.75 Å². The number of rotatable bonds is 6. The predicted octanol–water partition coefficient (Wildman–Crippen LogP) is 2.22. The van der Waals surface area contributed by atoms with Crippen LogP contribution in [0.3, 0.4) is 0 Å². The van der Waals surface area contributed by atoms with E-state index in [9.17, 15) is 4.79 Å². The van der Waals surface area contributed by atoms with Gasteiger partial charge in [0.15, 0.2) is 0 Å². The molecule has 4 heteroatoms. The molecule has 0 aliphatic heterocycles. The quantitative estimate of drug-likeness (QED) is 0.829. The van der Waals surface area contributed by atoms with Crippen LogP contribution >= 0.6 is 0 Å². The molecule has 1 aromatic carbocycles. The van der Waals surface area contributed by atoms with Crippen molar-refractivity contribution in [2.45, 2.75) is 33.8 Å². The van der Waals surface area contributed by atoms with Crippen molar-refractivity contribution >= 4 is 5.91 Å². The summed E-state index contributed by atoms with van der Waals surface area (Å²) in [5, 5.41) is 11.9. The lowest BCUT2D eigenvalue weighted by Gasteiger charge is -2.21. The summed E-state index contributed by atoms with van der Waals surface area (Å²) in [6.07, 6.45) is 0.116. The Bertz CT molecular complexity index is 410. The Morgan fingerprint density at radius 3 is 2.37 bits per heavy atom. The van der Waals surface area contributed by atoms with Gasteiger partial charge in [-0.05, 0) is 38.1 Å². The van der Waals surface area contributed by atoms with Gasteiger partial charge in [0.25, 0.3) is 5.91 Å². The number of nitrogens with one attached hydrogen (secondary N) is 1. The number of hydrogen-bond acceptors (Lipinski definition) is 3. The van der Waals surface area contributed by atoms with E-state index in [0.29, 0.717) is 12.1 Å². The molecule has 2 N–H and O–H groups in total. The van der Waals surface area contributed by atoms with Crippen LogP contribution in [0.4, 0.5) is 0 Å². The lowest BCUT2D eigenvalue weighted by Crippen LogP contribution is -2.36. The van der Waals surface area contributed by atoms with Gasteiger partial charge in [-0.15, -0.1) is 0 Å². The second kappa shape index (κ2) is 6.57. The van der Waals surface area contributed by atoms with Crippen molar-refractivity contribution in [1.82, 2.24) is 5.32 Å². The maximum atomic E-state index is 11.9. The van der Waals surface area contributed by atoms with Crippen molar-refractivity contribution in [2.24, 2.45) is 5.41 Å². The second-order valence-corrected chi connectivity index (χ2v) is 5.70. The minimum Gasteiger partial charge on any atom is -0.491 e. The molecule has 1 rings (SSSR count). The summed E-state index contributed by atoms with van der Waals surface area (Å²) in [4.78, 5) is 11.9. The van der Waals surface area contributed by atoms with E-state index in [0.717, 1.165) is 5.75 Å². The third-order valence-electron chi connectivity index (χ3n) is 2.64. The standard InChI is InChI=1S/C15H23NO3/c1-11(2)19-13-7-5-12(6-8-13)14(18)16-9-15(3,4)10-17/h5-8,11,17H,9-10H2,1-4H3,(H,16,18). The monoisotopic (exact) mass is 265 g/mol. The highest BCUT2D eigenvalue weighted by atomic mass is 16.5. The molecular weight excluding hydrogens is 242 g/mol. The van der Waals surface area contributed by atoms with Crippen molar-refractivity contribution in [1.29, 1.82) is 0 Å². The first-order valence-electron chi connectivity index (χ1n) is 6.50. The highest BCUT2D eigenvalue weighted by Crippen LogP contribution is 2.15. The van der Waals surface area contributed by atoms with E-state index in [-0.39, 0.29) is 24.0 Å². The molecule has 0 fully saturated rings. The number of aliphatic hydroxyl groups excluding tert-OH is 1. The molecule has 0 saturated carbocycles. The highest BCUT2D eigenvalue weighted by molar-refractivity contribution is 5.94. The van der Waals surface area contributed by atoms with Crippen LogP contribution in [0.25, 0.3) is 0 Å². The van der Waals surface area contributed by atoms with E-state index in [1.54, 1.807) is 24.3 Å². The second-order valence-electron chi connectivity index (χ2n) is 5.70. The fourth-order valence-electron chi connectivity index (χ4n) is 1.43. The summed E-state index contributed by atoms with van der Waals surface area (Å²) in [5.41, 5.74) is 0.279. The Hall–Kier alpha value is -1.55. The van der Waals surface area contributed by atoms with Gasteiger partial charge in [0.2, 0.25) is 0 Å². The SMILES string of the molecule is CC(C)Oc1ccc(C(=O)NCC(C)(C)CO)cc1. The molecule has 0 spiro atoms. The molecule has 0 heterocycles.